The number of carbonyl (C=O) groups excluding carboxylic acids is 2. The van der Waals surface area contributed by atoms with E-state index in [1.807, 2.05) is 0 Å². The number of phenolic OH excluding ortho intramolecular Hbond substituents is 1. The summed E-state index contributed by atoms with van der Waals surface area (Å²) in [6, 6.07) is 6.33. The van der Waals surface area contributed by atoms with Crippen LogP contribution in [0.2, 0.25) is 0 Å². The number of amides is 2. The number of rotatable bonds is 3. The first-order chi connectivity index (χ1) is 9.56. The van der Waals surface area contributed by atoms with Gasteiger partial charge in [-0.15, -0.1) is 0 Å². The summed E-state index contributed by atoms with van der Waals surface area (Å²) in [5.74, 6) is 0.482. The van der Waals surface area contributed by atoms with Crippen molar-refractivity contribution in [2.75, 3.05) is 32.8 Å². The Morgan fingerprint density at radius 3 is 2.45 bits per heavy atom. The Bertz CT molecular complexity index is 496. The third-order valence-electron chi connectivity index (χ3n) is 3.26. The number of ether oxygens (including phenoxy) is 1. The average Bonchev–Trinajstić information content (AvgIpc) is 2.45. The smallest absolute Gasteiger partial charge is 0.260 e. The minimum absolute atomic E-state index is 0.0353. The molecule has 0 spiro atoms. The molecule has 6 heteroatoms. The summed E-state index contributed by atoms with van der Waals surface area (Å²) in [6.45, 7) is 3.65. The van der Waals surface area contributed by atoms with Crippen LogP contribution in [0, 0.1) is 0 Å². The van der Waals surface area contributed by atoms with Crippen molar-refractivity contribution in [2.45, 2.75) is 6.92 Å². The molecule has 1 aromatic carbocycles. The third kappa shape index (κ3) is 3.63. The van der Waals surface area contributed by atoms with Crippen LogP contribution in [-0.4, -0.2) is 59.5 Å². The predicted octanol–water partition coefficient (Wildman–Crippen LogP) is 0.462. The van der Waals surface area contributed by atoms with E-state index in [2.05, 4.69) is 0 Å². The van der Waals surface area contributed by atoms with Gasteiger partial charge in [-0.3, -0.25) is 9.59 Å². The molecule has 0 bridgehead atoms. The first-order valence-electron chi connectivity index (χ1n) is 6.51. The molecular formula is C14H18N2O4. The van der Waals surface area contributed by atoms with E-state index in [0.29, 0.717) is 31.9 Å². The third-order valence-corrected chi connectivity index (χ3v) is 3.26. The van der Waals surface area contributed by atoms with E-state index >= 15 is 0 Å². The number of carbonyl (C=O) groups is 2. The normalized spacial score (nSPS) is 15.1. The van der Waals surface area contributed by atoms with Crippen molar-refractivity contribution in [3.63, 3.8) is 0 Å². The molecule has 2 amide bonds. The van der Waals surface area contributed by atoms with Gasteiger partial charge in [-0.25, -0.2) is 0 Å². The van der Waals surface area contributed by atoms with Crippen LogP contribution >= 0.6 is 0 Å². The van der Waals surface area contributed by atoms with Crippen molar-refractivity contribution in [3.05, 3.63) is 24.3 Å². The van der Waals surface area contributed by atoms with E-state index in [0.717, 1.165) is 0 Å². The standard InChI is InChI=1S/C14H18N2O4/c1-11(17)15-5-7-16(8-6-15)14(19)10-20-13-4-2-3-12(18)9-13/h2-4,9,18H,5-8,10H2,1H3. The minimum atomic E-state index is -0.114. The van der Waals surface area contributed by atoms with Gasteiger partial charge in [0.1, 0.15) is 11.5 Å². The van der Waals surface area contributed by atoms with Gasteiger partial charge in [0.15, 0.2) is 6.61 Å². The van der Waals surface area contributed by atoms with Crippen molar-refractivity contribution in [1.29, 1.82) is 0 Å². The van der Waals surface area contributed by atoms with Gasteiger partial charge in [0.2, 0.25) is 5.91 Å². The Labute approximate surface area is 117 Å². The zero-order chi connectivity index (χ0) is 14.5. The van der Waals surface area contributed by atoms with Crippen molar-refractivity contribution in [3.8, 4) is 11.5 Å². The van der Waals surface area contributed by atoms with E-state index < -0.39 is 0 Å². The first-order valence-corrected chi connectivity index (χ1v) is 6.51. The Hall–Kier alpha value is -2.24. The molecule has 1 heterocycles. The van der Waals surface area contributed by atoms with Crippen molar-refractivity contribution >= 4 is 11.8 Å². The lowest BCUT2D eigenvalue weighted by Gasteiger charge is -2.34. The highest BCUT2D eigenvalue weighted by atomic mass is 16.5. The molecule has 0 unspecified atom stereocenters. The number of hydrogen-bond acceptors (Lipinski definition) is 4. The van der Waals surface area contributed by atoms with Crippen LogP contribution in [0.25, 0.3) is 0 Å². The maximum Gasteiger partial charge on any atom is 0.260 e. The van der Waals surface area contributed by atoms with Crippen molar-refractivity contribution in [1.82, 2.24) is 9.80 Å². The summed E-state index contributed by atoms with van der Waals surface area (Å²) in [4.78, 5) is 26.6. The van der Waals surface area contributed by atoms with Crippen LogP contribution in [-0.2, 0) is 9.59 Å². The second kappa shape index (κ2) is 6.27. The molecule has 0 aliphatic carbocycles. The quantitative estimate of drug-likeness (QED) is 0.872. The topological polar surface area (TPSA) is 70.1 Å². The van der Waals surface area contributed by atoms with Gasteiger partial charge in [-0.2, -0.15) is 0 Å². The molecule has 1 N–H and O–H groups in total. The van der Waals surface area contributed by atoms with Crippen LogP contribution in [0.5, 0.6) is 11.5 Å². The minimum Gasteiger partial charge on any atom is -0.508 e. The van der Waals surface area contributed by atoms with Gasteiger partial charge in [0, 0.05) is 39.2 Å². The Balaban J connectivity index is 1.80. The Morgan fingerprint density at radius 1 is 1.20 bits per heavy atom. The van der Waals surface area contributed by atoms with E-state index in [-0.39, 0.29) is 24.2 Å². The summed E-state index contributed by atoms with van der Waals surface area (Å²) in [5.41, 5.74) is 0. The Kier molecular flexibility index (Phi) is 4.45. The number of piperazine rings is 1. The zero-order valence-corrected chi connectivity index (χ0v) is 11.4. The van der Waals surface area contributed by atoms with Crippen LogP contribution in [0.4, 0.5) is 0 Å². The molecule has 1 aliphatic heterocycles. The fourth-order valence-corrected chi connectivity index (χ4v) is 2.08. The molecule has 1 aliphatic rings. The highest BCUT2D eigenvalue weighted by Gasteiger charge is 2.22. The van der Waals surface area contributed by atoms with Crippen LogP contribution in [0.1, 0.15) is 6.92 Å². The summed E-state index contributed by atoms with van der Waals surface area (Å²) >= 11 is 0. The second-order valence-electron chi connectivity index (χ2n) is 4.67. The molecule has 6 nitrogen and oxygen atoms in total. The molecule has 2 rings (SSSR count). The highest BCUT2D eigenvalue weighted by Crippen LogP contribution is 2.17. The zero-order valence-electron chi connectivity index (χ0n) is 11.4. The van der Waals surface area contributed by atoms with Gasteiger partial charge in [-0.1, -0.05) is 6.07 Å². The summed E-state index contributed by atoms with van der Waals surface area (Å²) < 4.78 is 5.34. The monoisotopic (exact) mass is 278 g/mol. The number of benzene rings is 1. The molecule has 1 saturated heterocycles. The summed E-state index contributed by atoms with van der Waals surface area (Å²) in [6.07, 6.45) is 0. The second-order valence-corrected chi connectivity index (χ2v) is 4.67. The van der Waals surface area contributed by atoms with E-state index in [1.165, 1.54) is 19.1 Å². The molecule has 20 heavy (non-hydrogen) atoms. The maximum absolute atomic E-state index is 12.0. The molecule has 108 valence electrons. The Morgan fingerprint density at radius 2 is 1.85 bits per heavy atom. The molecule has 0 saturated carbocycles. The average molecular weight is 278 g/mol. The fraction of sp³-hybridized carbons (Fsp3) is 0.429. The van der Waals surface area contributed by atoms with Gasteiger partial charge >= 0.3 is 0 Å². The predicted molar refractivity (Wildman–Crippen MR) is 72.4 cm³/mol. The number of nitrogens with zero attached hydrogens (tertiary/aromatic N) is 2. The number of aromatic hydroxyl groups is 1. The van der Waals surface area contributed by atoms with Crippen molar-refractivity contribution < 1.29 is 19.4 Å². The molecular weight excluding hydrogens is 260 g/mol. The first kappa shape index (κ1) is 14.2. The van der Waals surface area contributed by atoms with Gasteiger partial charge in [-0.05, 0) is 12.1 Å². The number of phenols is 1. The lowest BCUT2D eigenvalue weighted by molar-refractivity contribution is -0.139. The molecule has 1 aromatic rings. The van der Waals surface area contributed by atoms with Gasteiger partial charge in [0.25, 0.3) is 5.91 Å². The molecule has 0 aromatic heterocycles. The van der Waals surface area contributed by atoms with Crippen molar-refractivity contribution in [2.24, 2.45) is 0 Å². The lowest BCUT2D eigenvalue weighted by atomic mass is 10.3. The van der Waals surface area contributed by atoms with E-state index in [9.17, 15) is 14.7 Å². The van der Waals surface area contributed by atoms with E-state index in [4.69, 9.17) is 4.74 Å². The van der Waals surface area contributed by atoms with Crippen LogP contribution in [0.3, 0.4) is 0 Å². The molecule has 1 fully saturated rings. The lowest BCUT2D eigenvalue weighted by Crippen LogP contribution is -2.51. The number of hydrogen-bond donors (Lipinski definition) is 1. The summed E-state index contributed by atoms with van der Waals surface area (Å²) in [7, 11) is 0. The maximum atomic E-state index is 12.0. The van der Waals surface area contributed by atoms with E-state index in [1.54, 1.807) is 21.9 Å². The van der Waals surface area contributed by atoms with Crippen LogP contribution in [0.15, 0.2) is 24.3 Å². The molecule has 0 atom stereocenters. The fourth-order valence-electron chi connectivity index (χ4n) is 2.08. The summed E-state index contributed by atoms with van der Waals surface area (Å²) in [5, 5.41) is 9.30. The molecule has 0 radical (unpaired) electrons. The largest absolute Gasteiger partial charge is 0.508 e. The van der Waals surface area contributed by atoms with Gasteiger partial charge < -0.3 is 19.6 Å². The van der Waals surface area contributed by atoms with Gasteiger partial charge in [0.05, 0.1) is 0 Å². The SMILES string of the molecule is CC(=O)N1CCN(C(=O)COc2cccc(O)c2)CC1. The highest BCUT2D eigenvalue weighted by molar-refractivity contribution is 5.78. The van der Waals surface area contributed by atoms with Crippen LogP contribution < -0.4 is 4.74 Å².